The van der Waals surface area contributed by atoms with Crippen molar-refractivity contribution in [1.29, 1.82) is 10.5 Å². The molecule has 4 heteroatoms. The van der Waals surface area contributed by atoms with E-state index < -0.39 is 0 Å². The third-order valence-corrected chi connectivity index (χ3v) is 9.34. The van der Waals surface area contributed by atoms with Gasteiger partial charge in [-0.05, 0) is 101 Å². The van der Waals surface area contributed by atoms with E-state index in [0.717, 1.165) is 55.4 Å². The predicted molar refractivity (Wildman–Crippen MR) is 195 cm³/mol. The van der Waals surface area contributed by atoms with E-state index in [2.05, 4.69) is 130 Å². The first-order valence-corrected chi connectivity index (χ1v) is 15.9. The molecule has 0 spiro atoms. The topological polar surface area (TPSA) is 57.4 Å². The Bertz CT molecular complexity index is 2750. The summed E-state index contributed by atoms with van der Waals surface area (Å²) in [4.78, 5) is 0. The van der Waals surface area contributed by atoms with Crippen LogP contribution in [-0.4, -0.2) is 9.13 Å². The van der Waals surface area contributed by atoms with Crippen LogP contribution in [0, 0.1) is 22.7 Å². The lowest BCUT2D eigenvalue weighted by atomic mass is 9.97. The summed E-state index contributed by atoms with van der Waals surface area (Å²) in [5.74, 6) is 0. The van der Waals surface area contributed by atoms with Gasteiger partial charge in [0.2, 0.25) is 0 Å². The molecule has 2 heterocycles. The normalized spacial score (nSPS) is 11.3. The number of benzene rings is 7. The van der Waals surface area contributed by atoms with Gasteiger partial charge in [0, 0.05) is 32.9 Å². The Balaban J connectivity index is 1.30. The van der Waals surface area contributed by atoms with Crippen molar-refractivity contribution in [2.75, 3.05) is 0 Å². The Morgan fingerprint density at radius 1 is 0.333 bits per heavy atom. The molecule has 48 heavy (non-hydrogen) atoms. The Morgan fingerprint density at radius 2 is 0.833 bits per heavy atom. The van der Waals surface area contributed by atoms with Gasteiger partial charge in [-0.15, -0.1) is 0 Å². The van der Waals surface area contributed by atoms with Crippen LogP contribution in [-0.2, 0) is 0 Å². The quantitative estimate of drug-likeness (QED) is 0.199. The summed E-state index contributed by atoms with van der Waals surface area (Å²) in [5, 5.41) is 23.8. The zero-order valence-electron chi connectivity index (χ0n) is 25.8. The Kier molecular flexibility index (Phi) is 6.22. The Morgan fingerprint density at radius 3 is 1.46 bits per heavy atom. The number of hydrogen-bond acceptors (Lipinski definition) is 2. The molecule has 0 aliphatic rings. The monoisotopic (exact) mass is 610 g/mol. The largest absolute Gasteiger partial charge is 0.309 e. The number of aromatic nitrogens is 2. The SMILES string of the molecule is N#Cc1ccc(-c2cc(-c3cccc(-n4c5ccccc5c5ccccc54)c3)cc(-n3c4ccccc4c4cc(C#N)ccc43)c2)cc1. The maximum Gasteiger partial charge on any atom is 0.0991 e. The predicted octanol–water partition coefficient (Wildman–Crippen LogP) is 11.0. The average Bonchev–Trinajstić information content (AvgIpc) is 3.67. The highest BCUT2D eigenvalue weighted by Gasteiger charge is 2.16. The van der Waals surface area contributed by atoms with Crippen LogP contribution in [0.2, 0.25) is 0 Å². The van der Waals surface area contributed by atoms with Gasteiger partial charge in [-0.2, -0.15) is 10.5 Å². The summed E-state index contributed by atoms with van der Waals surface area (Å²) in [5.41, 5.74) is 12.1. The van der Waals surface area contributed by atoms with Crippen molar-refractivity contribution in [3.05, 3.63) is 169 Å². The van der Waals surface area contributed by atoms with Gasteiger partial charge in [0.1, 0.15) is 0 Å². The fraction of sp³-hybridized carbons (Fsp3) is 0. The van der Waals surface area contributed by atoms with Crippen LogP contribution in [0.15, 0.2) is 158 Å². The van der Waals surface area contributed by atoms with Crippen molar-refractivity contribution in [3.8, 4) is 45.8 Å². The number of fused-ring (bicyclic) bond motifs is 6. The number of nitriles is 2. The first kappa shape index (κ1) is 27.4. The molecule has 0 bridgehead atoms. The van der Waals surface area contributed by atoms with Gasteiger partial charge in [-0.25, -0.2) is 0 Å². The molecule has 0 atom stereocenters. The molecule has 4 nitrogen and oxygen atoms in total. The lowest BCUT2D eigenvalue weighted by Gasteiger charge is -2.15. The highest BCUT2D eigenvalue weighted by atomic mass is 15.0. The van der Waals surface area contributed by atoms with Crippen molar-refractivity contribution in [2.45, 2.75) is 0 Å². The highest BCUT2D eigenvalue weighted by Crippen LogP contribution is 2.38. The minimum Gasteiger partial charge on any atom is -0.309 e. The molecule has 0 saturated carbocycles. The molecule has 0 aliphatic carbocycles. The molecule has 222 valence electrons. The Hall–Kier alpha value is -6.88. The maximum absolute atomic E-state index is 9.68. The lowest BCUT2D eigenvalue weighted by Crippen LogP contribution is -1.97. The van der Waals surface area contributed by atoms with Gasteiger partial charge in [0.25, 0.3) is 0 Å². The van der Waals surface area contributed by atoms with Crippen molar-refractivity contribution in [2.24, 2.45) is 0 Å². The second kappa shape index (κ2) is 10.9. The van der Waals surface area contributed by atoms with E-state index in [1.54, 1.807) is 0 Å². The second-order valence-corrected chi connectivity index (χ2v) is 12.1. The summed E-state index contributed by atoms with van der Waals surface area (Å²) >= 11 is 0. The fourth-order valence-electron chi connectivity index (χ4n) is 7.16. The summed E-state index contributed by atoms with van der Waals surface area (Å²) < 4.78 is 4.64. The van der Waals surface area contributed by atoms with Gasteiger partial charge < -0.3 is 9.13 Å². The smallest absolute Gasteiger partial charge is 0.0991 e. The summed E-state index contributed by atoms with van der Waals surface area (Å²) in [6.45, 7) is 0. The molecule has 9 aromatic rings. The lowest BCUT2D eigenvalue weighted by molar-refractivity contribution is 1.17. The van der Waals surface area contributed by atoms with Crippen molar-refractivity contribution < 1.29 is 0 Å². The minimum atomic E-state index is 0.629. The average molecular weight is 611 g/mol. The van der Waals surface area contributed by atoms with Crippen LogP contribution in [0.3, 0.4) is 0 Å². The third-order valence-electron chi connectivity index (χ3n) is 9.34. The van der Waals surface area contributed by atoms with Crippen LogP contribution in [0.25, 0.3) is 77.2 Å². The number of hydrogen-bond donors (Lipinski definition) is 0. The molecule has 0 amide bonds. The summed E-state index contributed by atoms with van der Waals surface area (Å²) in [7, 11) is 0. The van der Waals surface area contributed by atoms with Crippen LogP contribution in [0.1, 0.15) is 11.1 Å². The van der Waals surface area contributed by atoms with Crippen LogP contribution in [0.5, 0.6) is 0 Å². The number of para-hydroxylation sites is 3. The van der Waals surface area contributed by atoms with Crippen LogP contribution in [0.4, 0.5) is 0 Å². The summed E-state index contributed by atoms with van der Waals surface area (Å²) in [6.07, 6.45) is 0. The Labute approximate surface area is 277 Å². The first-order chi connectivity index (χ1) is 23.7. The standard InChI is InChI=1S/C44H26N4/c45-27-29-16-19-31(20-17-29)33-23-34(26-36(25-33)48-43-15-6-3-12-39(43)40-22-30(28-46)18-21-44(40)48)32-8-7-9-35(24-32)47-41-13-4-1-10-37(41)38-11-2-5-14-42(38)47/h1-26H. The molecule has 0 aliphatic heterocycles. The zero-order valence-corrected chi connectivity index (χ0v) is 25.8. The minimum absolute atomic E-state index is 0.629. The third kappa shape index (κ3) is 4.29. The van der Waals surface area contributed by atoms with Crippen molar-refractivity contribution in [1.82, 2.24) is 9.13 Å². The van der Waals surface area contributed by atoms with E-state index in [1.165, 1.54) is 21.8 Å². The van der Waals surface area contributed by atoms with E-state index in [4.69, 9.17) is 0 Å². The second-order valence-electron chi connectivity index (χ2n) is 12.1. The highest BCUT2D eigenvalue weighted by molar-refractivity contribution is 6.10. The molecule has 0 N–H and O–H groups in total. The molecular weight excluding hydrogens is 585 g/mol. The zero-order chi connectivity index (χ0) is 32.2. The maximum atomic E-state index is 9.68. The van der Waals surface area contributed by atoms with E-state index >= 15 is 0 Å². The first-order valence-electron chi connectivity index (χ1n) is 15.9. The van der Waals surface area contributed by atoms with Crippen molar-refractivity contribution in [3.63, 3.8) is 0 Å². The van der Waals surface area contributed by atoms with E-state index in [0.29, 0.717) is 11.1 Å². The molecular formula is C44H26N4. The van der Waals surface area contributed by atoms with Gasteiger partial charge in [0.15, 0.2) is 0 Å². The fourth-order valence-corrected chi connectivity index (χ4v) is 7.16. The van der Waals surface area contributed by atoms with E-state index in [9.17, 15) is 10.5 Å². The van der Waals surface area contributed by atoms with Crippen LogP contribution >= 0.6 is 0 Å². The molecule has 2 aromatic heterocycles. The van der Waals surface area contributed by atoms with Crippen LogP contribution < -0.4 is 0 Å². The molecule has 0 radical (unpaired) electrons. The molecule has 0 fully saturated rings. The molecule has 9 rings (SSSR count). The van der Waals surface area contributed by atoms with Gasteiger partial charge in [-0.3, -0.25) is 0 Å². The number of rotatable bonds is 4. The summed E-state index contributed by atoms with van der Waals surface area (Å²) in [6, 6.07) is 59.2. The van der Waals surface area contributed by atoms with E-state index in [1.807, 2.05) is 48.5 Å². The van der Waals surface area contributed by atoms with Crippen molar-refractivity contribution >= 4 is 43.6 Å². The molecule has 0 saturated heterocycles. The van der Waals surface area contributed by atoms with Gasteiger partial charge in [0.05, 0.1) is 45.3 Å². The van der Waals surface area contributed by atoms with Gasteiger partial charge >= 0.3 is 0 Å². The van der Waals surface area contributed by atoms with Gasteiger partial charge in [-0.1, -0.05) is 78.9 Å². The molecule has 7 aromatic carbocycles. The molecule has 0 unspecified atom stereocenters. The number of nitrogens with zero attached hydrogens (tertiary/aromatic N) is 4. The van der Waals surface area contributed by atoms with E-state index in [-0.39, 0.29) is 0 Å².